The van der Waals surface area contributed by atoms with Crippen LogP contribution in [0, 0.1) is 17.2 Å². The zero-order valence-electron chi connectivity index (χ0n) is 29.5. The van der Waals surface area contributed by atoms with Crippen molar-refractivity contribution in [1.29, 1.82) is 0 Å². The molecule has 2 aliphatic rings. The minimum Gasteiger partial charge on any atom is -0.496 e. The van der Waals surface area contributed by atoms with Crippen LogP contribution in [0.2, 0.25) is 0 Å². The maximum Gasteiger partial charge on any atom is 0.326 e. The molecule has 2 aromatic carbocycles. The Morgan fingerprint density at radius 2 is 1.83 bits per heavy atom. The molecule has 1 amide bonds. The molecule has 258 valence electrons. The number of nitrogens with zero attached hydrogens (tertiary/aromatic N) is 3. The van der Waals surface area contributed by atoms with Crippen LogP contribution in [0.15, 0.2) is 54.7 Å². The normalized spacial score (nSPS) is 22.5. The Bertz CT molecular complexity index is 1660. The van der Waals surface area contributed by atoms with E-state index in [2.05, 4.69) is 43.2 Å². The lowest BCUT2D eigenvalue weighted by Crippen LogP contribution is -2.51. The average Bonchev–Trinajstić information content (AvgIpc) is 3.38. The summed E-state index contributed by atoms with van der Waals surface area (Å²) < 4.78 is 26.1. The van der Waals surface area contributed by atoms with Crippen molar-refractivity contribution < 1.29 is 28.6 Å². The quantitative estimate of drug-likeness (QED) is 0.297. The van der Waals surface area contributed by atoms with Crippen LogP contribution in [0.25, 0.3) is 0 Å². The number of ether oxygens (including phenoxy) is 2. The van der Waals surface area contributed by atoms with E-state index in [-0.39, 0.29) is 5.41 Å². The molecule has 9 nitrogen and oxygen atoms in total. The number of nitrogens with one attached hydrogen (secondary N) is 1. The summed E-state index contributed by atoms with van der Waals surface area (Å²) in [6.45, 7) is 12.9. The third-order valence-corrected chi connectivity index (χ3v) is 9.66. The Morgan fingerprint density at radius 1 is 1.10 bits per heavy atom. The van der Waals surface area contributed by atoms with E-state index in [9.17, 15) is 19.1 Å². The smallest absolute Gasteiger partial charge is 0.326 e. The number of likely N-dealkylation sites (tertiary alicyclic amines) is 1. The second-order valence-electron chi connectivity index (χ2n) is 15.3. The van der Waals surface area contributed by atoms with Crippen molar-refractivity contribution in [1.82, 2.24) is 15.2 Å². The number of fused-ring (bicyclic) bond motifs is 1. The molecule has 3 aromatic rings. The topological polar surface area (TPSA) is 104 Å². The van der Waals surface area contributed by atoms with E-state index in [0.717, 1.165) is 28.0 Å². The van der Waals surface area contributed by atoms with Crippen molar-refractivity contribution in [2.75, 3.05) is 26.1 Å². The first-order valence-electron chi connectivity index (χ1n) is 16.6. The predicted octanol–water partition coefficient (Wildman–Crippen LogP) is 6.14. The summed E-state index contributed by atoms with van der Waals surface area (Å²) in [6, 6.07) is 11.8. The van der Waals surface area contributed by atoms with Crippen LogP contribution in [0.4, 0.5) is 10.2 Å². The first kappa shape index (κ1) is 35.1. The molecule has 0 saturated carbocycles. The lowest BCUT2D eigenvalue weighted by molar-refractivity contribution is -0.155. The van der Waals surface area contributed by atoms with E-state index in [1.54, 1.807) is 19.4 Å². The monoisotopic (exact) mass is 660 g/mol. The number of carboxylic acid groups (broad SMARTS) is 1. The second-order valence-corrected chi connectivity index (χ2v) is 15.3. The molecule has 0 radical (unpaired) electrons. The Hall–Kier alpha value is -4.18. The van der Waals surface area contributed by atoms with E-state index in [1.165, 1.54) is 17.0 Å². The number of anilines is 1. The highest BCUT2D eigenvalue weighted by Gasteiger charge is 2.59. The number of hydrogen-bond acceptors (Lipinski definition) is 7. The number of carboxylic acids is 1. The van der Waals surface area contributed by atoms with Gasteiger partial charge in [-0.15, -0.1) is 0 Å². The number of benzene rings is 2. The van der Waals surface area contributed by atoms with Gasteiger partial charge in [0.05, 0.1) is 13.2 Å². The third-order valence-electron chi connectivity index (χ3n) is 9.66. The van der Waals surface area contributed by atoms with Crippen molar-refractivity contribution >= 4 is 17.7 Å². The molecule has 2 N–H and O–H groups in total. The SMILES string of the molecule is COc1ccc(C(C)(C)C)cc1CN[C@H]1[C@H](C(C)(C)C)[C@@H](C(=O)O)N(C(=O)[C@H]2CCc3ccc(F)cc3O2)[C@H]1c1cccnc1N(C)C. The Balaban J connectivity index is 1.65. The fourth-order valence-corrected chi connectivity index (χ4v) is 7.36. The molecule has 1 saturated heterocycles. The molecule has 10 heteroatoms. The fraction of sp³-hybridized carbons (Fsp3) is 0.500. The predicted molar refractivity (Wildman–Crippen MR) is 184 cm³/mol. The fourth-order valence-electron chi connectivity index (χ4n) is 7.36. The number of amides is 1. The number of carbonyl (C=O) groups is 2. The summed E-state index contributed by atoms with van der Waals surface area (Å²) in [5, 5.41) is 14.7. The van der Waals surface area contributed by atoms with E-state index < -0.39 is 53.3 Å². The zero-order valence-corrected chi connectivity index (χ0v) is 29.5. The summed E-state index contributed by atoms with van der Waals surface area (Å²) >= 11 is 0. The number of aromatic nitrogens is 1. The van der Waals surface area contributed by atoms with Gasteiger partial charge in [-0.3, -0.25) is 4.79 Å². The Labute approximate surface area is 283 Å². The second kappa shape index (κ2) is 13.4. The van der Waals surface area contributed by atoms with Gasteiger partial charge in [-0.05, 0) is 53.0 Å². The Kier molecular flexibility index (Phi) is 9.79. The molecule has 0 aliphatic carbocycles. The number of hydrogen-bond donors (Lipinski definition) is 2. The highest BCUT2D eigenvalue weighted by Crippen LogP contribution is 2.50. The van der Waals surface area contributed by atoms with Crippen LogP contribution in [-0.2, 0) is 28.0 Å². The highest BCUT2D eigenvalue weighted by atomic mass is 19.1. The maximum absolute atomic E-state index is 14.8. The number of carbonyl (C=O) groups excluding carboxylic acids is 1. The van der Waals surface area contributed by atoms with Crippen LogP contribution in [-0.4, -0.2) is 66.3 Å². The number of methoxy groups -OCH3 is 1. The van der Waals surface area contributed by atoms with Crippen molar-refractivity contribution in [3.8, 4) is 11.5 Å². The lowest BCUT2D eigenvalue weighted by Gasteiger charge is -2.36. The number of pyridine rings is 1. The van der Waals surface area contributed by atoms with Gasteiger partial charge >= 0.3 is 5.97 Å². The van der Waals surface area contributed by atoms with Gasteiger partial charge in [-0.2, -0.15) is 0 Å². The summed E-state index contributed by atoms with van der Waals surface area (Å²) in [5.74, 6) is -0.857. The number of aryl methyl sites for hydroxylation is 1. The summed E-state index contributed by atoms with van der Waals surface area (Å²) in [5.41, 5.74) is 2.97. The van der Waals surface area contributed by atoms with Crippen LogP contribution in [0.5, 0.6) is 11.5 Å². The average molecular weight is 661 g/mol. The number of halogens is 1. The lowest BCUT2D eigenvalue weighted by atomic mass is 9.72. The van der Waals surface area contributed by atoms with Crippen molar-refractivity contribution in [2.24, 2.45) is 11.3 Å². The van der Waals surface area contributed by atoms with Gasteiger partial charge in [-0.1, -0.05) is 65.8 Å². The van der Waals surface area contributed by atoms with Crippen molar-refractivity contribution in [2.45, 2.75) is 90.6 Å². The number of aliphatic carboxylic acids is 1. The van der Waals surface area contributed by atoms with E-state index >= 15 is 0 Å². The molecule has 0 bridgehead atoms. The van der Waals surface area contributed by atoms with Crippen LogP contribution >= 0.6 is 0 Å². The molecule has 5 rings (SSSR count). The van der Waals surface area contributed by atoms with Gasteiger partial charge in [0.1, 0.15) is 29.2 Å². The summed E-state index contributed by atoms with van der Waals surface area (Å²) in [7, 11) is 5.40. The molecule has 5 atom stereocenters. The minimum atomic E-state index is -1.18. The van der Waals surface area contributed by atoms with Crippen LogP contribution in [0.3, 0.4) is 0 Å². The minimum absolute atomic E-state index is 0.0969. The van der Waals surface area contributed by atoms with Crippen LogP contribution < -0.4 is 19.7 Å². The summed E-state index contributed by atoms with van der Waals surface area (Å²) in [4.78, 5) is 36.2. The molecule has 48 heavy (non-hydrogen) atoms. The third kappa shape index (κ3) is 6.86. The van der Waals surface area contributed by atoms with E-state index in [4.69, 9.17) is 9.47 Å². The molecule has 3 heterocycles. The first-order chi connectivity index (χ1) is 22.5. The first-order valence-corrected chi connectivity index (χ1v) is 16.6. The van der Waals surface area contributed by atoms with Gasteiger partial charge in [0, 0.05) is 56.0 Å². The zero-order chi connectivity index (χ0) is 35.1. The van der Waals surface area contributed by atoms with E-state index in [0.29, 0.717) is 31.0 Å². The summed E-state index contributed by atoms with van der Waals surface area (Å²) in [6.07, 6.45) is 1.56. The number of rotatable bonds is 8. The van der Waals surface area contributed by atoms with Gasteiger partial charge in [0.15, 0.2) is 6.10 Å². The molecule has 0 spiro atoms. The highest BCUT2D eigenvalue weighted by molar-refractivity contribution is 5.89. The van der Waals surface area contributed by atoms with Gasteiger partial charge in [-0.25, -0.2) is 14.2 Å². The Morgan fingerprint density at radius 3 is 2.46 bits per heavy atom. The molecule has 1 aromatic heterocycles. The molecular formula is C38H49FN4O5. The van der Waals surface area contributed by atoms with Gasteiger partial charge < -0.3 is 29.7 Å². The van der Waals surface area contributed by atoms with Gasteiger partial charge in [0.25, 0.3) is 5.91 Å². The molecule has 0 unspecified atom stereocenters. The molecule has 1 fully saturated rings. The van der Waals surface area contributed by atoms with E-state index in [1.807, 2.05) is 58.0 Å². The largest absolute Gasteiger partial charge is 0.496 e. The van der Waals surface area contributed by atoms with Gasteiger partial charge in [0.2, 0.25) is 0 Å². The van der Waals surface area contributed by atoms with Crippen molar-refractivity contribution in [3.05, 3.63) is 82.8 Å². The molecular weight excluding hydrogens is 611 g/mol. The molecule has 2 aliphatic heterocycles. The maximum atomic E-state index is 14.8. The van der Waals surface area contributed by atoms with Crippen LogP contribution in [0.1, 0.15) is 76.3 Å². The standard InChI is InChI=1S/C38H49FN4O5/c1-37(2,3)24-14-17-27(47-9)23(19-24)21-41-31-30(38(4,5)6)33(36(45)46)43(32(31)26-11-10-18-40-34(26)42(7)8)35(44)28-16-13-22-12-15-25(39)20-29(22)48-28/h10-12,14-15,17-20,28,30-33,41H,13,16,21H2,1-9H3,(H,45,46)/t28-,30+,31+,32+,33+/m1/s1. The van der Waals surface area contributed by atoms with Crippen molar-refractivity contribution in [3.63, 3.8) is 0 Å².